The Morgan fingerprint density at radius 2 is 1.30 bits per heavy atom. The van der Waals surface area contributed by atoms with E-state index in [1.165, 1.54) is 79.2 Å². The zero-order chi connectivity index (χ0) is 26.5. The van der Waals surface area contributed by atoms with Gasteiger partial charge in [-0.2, -0.15) is 0 Å². The van der Waals surface area contributed by atoms with Crippen molar-refractivity contribution in [2.24, 2.45) is 23.2 Å². The van der Waals surface area contributed by atoms with E-state index in [1.807, 2.05) is 0 Å². The second-order valence-corrected chi connectivity index (χ2v) is 15.5. The highest BCUT2D eigenvalue weighted by Gasteiger charge is 2.54. The minimum Gasteiger partial charge on any atom is -0.427 e. The normalized spacial score (nSPS) is 31.2. The van der Waals surface area contributed by atoms with E-state index in [4.69, 9.17) is 9.05 Å². The van der Waals surface area contributed by atoms with Crippen LogP contribution in [-0.2, 0) is 18.3 Å². The van der Waals surface area contributed by atoms with Crippen molar-refractivity contribution in [2.45, 2.75) is 82.6 Å². The smallest absolute Gasteiger partial charge is 0.385 e. The lowest BCUT2D eigenvalue weighted by Crippen LogP contribution is -2.51. The summed E-state index contributed by atoms with van der Waals surface area (Å²) in [7, 11) is -1.34. The second kappa shape index (κ2) is 8.83. The molecule has 0 amide bonds. The molecule has 1 spiro atoms. The molecule has 0 saturated heterocycles. The van der Waals surface area contributed by atoms with E-state index in [0.717, 1.165) is 48.6 Å². The second-order valence-electron chi connectivity index (χ2n) is 14.2. The van der Waals surface area contributed by atoms with E-state index in [9.17, 15) is 0 Å². The van der Waals surface area contributed by atoms with Gasteiger partial charge in [-0.05, 0) is 123 Å². The summed E-state index contributed by atoms with van der Waals surface area (Å²) in [5.74, 6) is 4.96. The highest BCUT2D eigenvalue weighted by atomic mass is 31.2. The van der Waals surface area contributed by atoms with Crippen LogP contribution in [0.1, 0.15) is 92.1 Å². The lowest BCUT2D eigenvalue weighted by atomic mass is 9.49. The number of nitrogens with zero attached hydrogens (tertiary/aromatic N) is 1. The number of hydrogen-bond donors (Lipinski definition) is 0. The van der Waals surface area contributed by atoms with Crippen LogP contribution >= 0.6 is 8.53 Å². The SMILES string of the molecule is C[C@@H](c1ccccc1)N(CC12CC3CC(CC(C3)C1)C2)P1Oc2cccc3c2C2(CC3)CCc3cccc(c32)O1. The van der Waals surface area contributed by atoms with E-state index in [2.05, 4.69) is 78.3 Å². The predicted molar refractivity (Wildman–Crippen MR) is 161 cm³/mol. The molecular formula is C36H40NO2P. The molecule has 206 valence electrons. The molecule has 4 fully saturated rings. The Morgan fingerprint density at radius 1 is 0.750 bits per heavy atom. The van der Waals surface area contributed by atoms with E-state index in [0.29, 0.717) is 5.41 Å². The first kappa shape index (κ1) is 24.3. The molecule has 0 radical (unpaired) electrons. The van der Waals surface area contributed by atoms with E-state index < -0.39 is 8.53 Å². The molecule has 6 aliphatic carbocycles. The van der Waals surface area contributed by atoms with Crippen LogP contribution in [-0.4, -0.2) is 11.2 Å². The van der Waals surface area contributed by atoms with Gasteiger partial charge < -0.3 is 9.05 Å². The lowest BCUT2D eigenvalue weighted by Gasteiger charge is -2.58. The standard InChI is InChI=1S/C36H40NO2P/c1-24(28-7-3-2-4-8-28)37(23-35-20-25-17-26(21-35)19-27(18-25)22-35)40-38-31-11-5-9-29-13-15-36(33(29)31)16-14-30-10-6-12-32(39-40)34(30)36/h2-12,24-27H,13-23H2,1H3/t24-,25?,26?,27?,35?,36?/m0/s1. The molecule has 4 bridgehead atoms. The molecule has 3 aromatic rings. The number of hydrogen-bond acceptors (Lipinski definition) is 3. The van der Waals surface area contributed by atoms with Gasteiger partial charge in [0, 0.05) is 29.1 Å². The van der Waals surface area contributed by atoms with Crippen LogP contribution in [0.15, 0.2) is 66.7 Å². The Balaban J connectivity index is 1.17. The van der Waals surface area contributed by atoms with Crippen LogP contribution in [0, 0.1) is 23.2 Å². The van der Waals surface area contributed by atoms with Gasteiger partial charge >= 0.3 is 8.53 Å². The summed E-state index contributed by atoms with van der Waals surface area (Å²) < 4.78 is 17.1. The fraction of sp³-hybridized carbons (Fsp3) is 0.500. The van der Waals surface area contributed by atoms with E-state index in [-0.39, 0.29) is 11.5 Å². The molecule has 7 aliphatic rings. The maximum Gasteiger partial charge on any atom is 0.385 e. The molecular weight excluding hydrogens is 509 g/mol. The highest BCUT2D eigenvalue weighted by molar-refractivity contribution is 7.45. The summed E-state index contributed by atoms with van der Waals surface area (Å²) in [6.45, 7) is 3.46. The molecule has 0 unspecified atom stereocenters. The maximum atomic E-state index is 7.22. The number of benzene rings is 3. The zero-order valence-electron chi connectivity index (χ0n) is 23.6. The Labute approximate surface area is 240 Å². The zero-order valence-corrected chi connectivity index (χ0v) is 24.5. The molecule has 4 saturated carbocycles. The quantitative estimate of drug-likeness (QED) is 0.296. The average Bonchev–Trinajstić information content (AvgIpc) is 3.52. The first-order valence-electron chi connectivity index (χ1n) is 15.8. The van der Waals surface area contributed by atoms with Crippen LogP contribution in [0.25, 0.3) is 0 Å². The third-order valence-electron chi connectivity index (χ3n) is 11.8. The highest BCUT2D eigenvalue weighted by Crippen LogP contribution is 2.65. The Bertz CT molecular complexity index is 1370. The Morgan fingerprint density at radius 3 is 1.85 bits per heavy atom. The minimum atomic E-state index is -1.34. The summed E-state index contributed by atoms with van der Waals surface area (Å²) in [4.78, 5) is 0. The number of rotatable bonds is 5. The lowest BCUT2D eigenvalue weighted by molar-refractivity contribution is -0.0639. The third kappa shape index (κ3) is 3.56. The molecule has 0 aromatic heterocycles. The molecule has 1 aliphatic heterocycles. The van der Waals surface area contributed by atoms with Gasteiger partial charge in [0.1, 0.15) is 11.5 Å². The van der Waals surface area contributed by atoms with E-state index in [1.54, 1.807) is 0 Å². The topological polar surface area (TPSA) is 21.7 Å². The summed E-state index contributed by atoms with van der Waals surface area (Å²) in [6.07, 6.45) is 13.2. The van der Waals surface area contributed by atoms with Gasteiger partial charge in [-0.3, -0.25) is 0 Å². The monoisotopic (exact) mass is 549 g/mol. The van der Waals surface area contributed by atoms with Crippen molar-refractivity contribution < 1.29 is 9.05 Å². The van der Waals surface area contributed by atoms with Gasteiger partial charge in [0.2, 0.25) is 0 Å². The maximum absolute atomic E-state index is 7.22. The van der Waals surface area contributed by atoms with Crippen molar-refractivity contribution in [3.63, 3.8) is 0 Å². The molecule has 10 rings (SSSR count). The van der Waals surface area contributed by atoms with Gasteiger partial charge in [0.05, 0.1) is 0 Å². The summed E-state index contributed by atoms with van der Waals surface area (Å²) in [5.41, 5.74) is 7.72. The van der Waals surface area contributed by atoms with Crippen LogP contribution in [0.2, 0.25) is 0 Å². The molecule has 1 heterocycles. The van der Waals surface area contributed by atoms with Crippen molar-refractivity contribution >= 4 is 8.53 Å². The van der Waals surface area contributed by atoms with Crippen molar-refractivity contribution in [1.29, 1.82) is 0 Å². The molecule has 0 N–H and O–H groups in total. The molecule has 1 atom stereocenters. The van der Waals surface area contributed by atoms with Crippen molar-refractivity contribution in [3.05, 3.63) is 94.5 Å². The fourth-order valence-corrected chi connectivity index (χ4v) is 12.3. The van der Waals surface area contributed by atoms with Gasteiger partial charge in [0.25, 0.3) is 0 Å². The Kier molecular flexibility index (Phi) is 5.35. The molecule has 40 heavy (non-hydrogen) atoms. The van der Waals surface area contributed by atoms with Crippen molar-refractivity contribution in [1.82, 2.24) is 4.67 Å². The Hall–Kier alpha value is -2.35. The molecule has 3 nitrogen and oxygen atoms in total. The van der Waals surface area contributed by atoms with Crippen LogP contribution in [0.3, 0.4) is 0 Å². The average molecular weight is 550 g/mol. The largest absolute Gasteiger partial charge is 0.427 e. The van der Waals surface area contributed by atoms with Gasteiger partial charge in [-0.15, -0.1) is 0 Å². The summed E-state index contributed by atoms with van der Waals surface area (Å²) in [6, 6.07) is 24.9. The van der Waals surface area contributed by atoms with Crippen molar-refractivity contribution in [2.75, 3.05) is 6.54 Å². The van der Waals surface area contributed by atoms with Gasteiger partial charge in [-0.1, -0.05) is 54.6 Å². The van der Waals surface area contributed by atoms with Crippen molar-refractivity contribution in [3.8, 4) is 11.5 Å². The minimum absolute atomic E-state index is 0.0507. The predicted octanol–water partition coefficient (Wildman–Crippen LogP) is 9.14. The summed E-state index contributed by atoms with van der Waals surface area (Å²) in [5, 5.41) is 0. The molecule has 3 aromatic carbocycles. The first-order chi connectivity index (χ1) is 19.6. The fourth-order valence-electron chi connectivity index (χ4n) is 10.6. The van der Waals surface area contributed by atoms with Crippen LogP contribution in [0.5, 0.6) is 11.5 Å². The van der Waals surface area contributed by atoms with Crippen LogP contribution < -0.4 is 9.05 Å². The van der Waals surface area contributed by atoms with E-state index >= 15 is 0 Å². The van der Waals surface area contributed by atoms with Crippen LogP contribution in [0.4, 0.5) is 0 Å². The first-order valence-corrected chi connectivity index (χ1v) is 16.9. The van der Waals surface area contributed by atoms with Gasteiger partial charge in [0.15, 0.2) is 0 Å². The number of aryl methyl sites for hydroxylation is 2. The van der Waals surface area contributed by atoms with Gasteiger partial charge in [-0.25, -0.2) is 4.67 Å². The third-order valence-corrected chi connectivity index (χ3v) is 13.4. The summed E-state index contributed by atoms with van der Waals surface area (Å²) >= 11 is 0. The molecule has 4 heteroatoms.